The number of aromatic nitrogens is 2. The minimum absolute atomic E-state index is 0.257. The van der Waals surface area contributed by atoms with Gasteiger partial charge in [-0.2, -0.15) is 5.10 Å². The average molecular weight is 281 g/mol. The molecular weight excluding hydrogens is 268 g/mol. The average Bonchev–Trinajstić information content (AvgIpc) is 2.71. The van der Waals surface area contributed by atoms with E-state index in [0.29, 0.717) is 10.9 Å². The van der Waals surface area contributed by atoms with E-state index >= 15 is 0 Å². The number of benzene rings is 1. The zero-order chi connectivity index (χ0) is 13.8. The predicted molar refractivity (Wildman–Crippen MR) is 71.0 cm³/mol. The number of carbonyl (C=O) groups is 1. The molecule has 2 aromatic rings. The van der Waals surface area contributed by atoms with Crippen molar-refractivity contribution in [1.29, 1.82) is 0 Å². The first-order chi connectivity index (χ1) is 9.10. The van der Waals surface area contributed by atoms with Gasteiger partial charge in [-0.3, -0.25) is 0 Å². The third-order valence-electron chi connectivity index (χ3n) is 2.32. The van der Waals surface area contributed by atoms with Crippen LogP contribution in [0.15, 0.2) is 30.3 Å². The second-order valence-corrected chi connectivity index (χ2v) is 4.23. The third-order valence-corrected chi connectivity index (χ3v) is 2.57. The second kappa shape index (κ2) is 5.75. The summed E-state index contributed by atoms with van der Waals surface area (Å²) < 4.78 is 11.4. The quantitative estimate of drug-likeness (QED) is 0.809. The summed E-state index contributed by atoms with van der Waals surface area (Å²) in [6, 6.07) is 8.70. The monoisotopic (exact) mass is 280 g/mol. The molecule has 0 atom stereocenters. The Balaban J connectivity index is 2.30. The maximum Gasteiger partial charge on any atom is 0.515 e. The summed E-state index contributed by atoms with van der Waals surface area (Å²) >= 11 is 5.83. The fraction of sp³-hybridized carbons (Fsp3) is 0.231. The maximum atomic E-state index is 11.4. The molecule has 0 aliphatic rings. The highest BCUT2D eigenvalue weighted by molar-refractivity contribution is 6.30. The Labute approximate surface area is 115 Å². The number of hydrogen-bond acceptors (Lipinski definition) is 4. The van der Waals surface area contributed by atoms with E-state index in [1.165, 1.54) is 4.68 Å². The number of rotatable bonds is 3. The zero-order valence-corrected chi connectivity index (χ0v) is 11.3. The first-order valence-corrected chi connectivity index (χ1v) is 6.15. The van der Waals surface area contributed by atoms with E-state index in [1.54, 1.807) is 37.3 Å². The molecule has 0 unspecified atom stereocenters. The molecule has 1 aromatic heterocycles. The van der Waals surface area contributed by atoms with Crippen LogP contribution in [0.2, 0.25) is 5.02 Å². The van der Waals surface area contributed by atoms with Gasteiger partial charge in [-0.1, -0.05) is 11.6 Å². The molecule has 0 bridgehead atoms. The van der Waals surface area contributed by atoms with Crippen molar-refractivity contribution >= 4 is 17.8 Å². The van der Waals surface area contributed by atoms with Crippen molar-refractivity contribution in [3.8, 4) is 11.6 Å². The lowest BCUT2D eigenvalue weighted by Gasteiger charge is -2.07. The Bertz CT molecular complexity index is 578. The van der Waals surface area contributed by atoms with Crippen LogP contribution in [0.5, 0.6) is 5.88 Å². The molecule has 5 nitrogen and oxygen atoms in total. The Kier molecular flexibility index (Phi) is 4.06. The van der Waals surface area contributed by atoms with Gasteiger partial charge in [-0.15, -0.1) is 0 Å². The van der Waals surface area contributed by atoms with Gasteiger partial charge in [-0.05, 0) is 38.1 Å². The number of aryl methyl sites for hydroxylation is 1. The SMILES string of the molecule is CCOC(=O)Oc1cc(C)nn1-c1ccc(Cl)cc1. The molecule has 0 amide bonds. The van der Waals surface area contributed by atoms with E-state index in [4.69, 9.17) is 21.1 Å². The highest BCUT2D eigenvalue weighted by Gasteiger charge is 2.13. The maximum absolute atomic E-state index is 11.4. The largest absolute Gasteiger partial charge is 0.515 e. The van der Waals surface area contributed by atoms with Crippen molar-refractivity contribution in [3.63, 3.8) is 0 Å². The molecular formula is C13H13ClN2O3. The molecule has 0 spiro atoms. The van der Waals surface area contributed by atoms with Crippen LogP contribution in [0.25, 0.3) is 5.69 Å². The Morgan fingerprint density at radius 1 is 1.37 bits per heavy atom. The number of hydrogen-bond donors (Lipinski definition) is 0. The molecule has 0 fully saturated rings. The Morgan fingerprint density at radius 3 is 2.68 bits per heavy atom. The van der Waals surface area contributed by atoms with Gasteiger partial charge >= 0.3 is 6.16 Å². The minimum Gasteiger partial charge on any atom is -0.434 e. The standard InChI is InChI=1S/C13H13ClN2O3/c1-3-18-13(17)19-12-8-9(2)15-16(12)11-6-4-10(14)5-7-11/h4-8H,3H2,1-2H3. The molecule has 0 N–H and O–H groups in total. The lowest BCUT2D eigenvalue weighted by Crippen LogP contribution is -2.12. The molecule has 0 saturated heterocycles. The molecule has 100 valence electrons. The predicted octanol–water partition coefficient (Wildman–Crippen LogP) is 3.37. The molecule has 0 saturated carbocycles. The van der Waals surface area contributed by atoms with E-state index in [1.807, 2.05) is 6.92 Å². The van der Waals surface area contributed by atoms with Crippen molar-refractivity contribution in [2.75, 3.05) is 6.61 Å². The van der Waals surface area contributed by atoms with Crippen LogP contribution in [0.3, 0.4) is 0 Å². The number of halogens is 1. The molecule has 1 aromatic carbocycles. The lowest BCUT2D eigenvalue weighted by atomic mass is 10.3. The molecule has 6 heteroatoms. The van der Waals surface area contributed by atoms with Gasteiger partial charge in [-0.25, -0.2) is 9.48 Å². The molecule has 2 rings (SSSR count). The van der Waals surface area contributed by atoms with E-state index in [0.717, 1.165) is 11.4 Å². The van der Waals surface area contributed by atoms with Crippen LogP contribution in [-0.4, -0.2) is 22.5 Å². The van der Waals surface area contributed by atoms with Crippen molar-refractivity contribution in [2.24, 2.45) is 0 Å². The first kappa shape index (κ1) is 13.4. The number of nitrogens with zero attached hydrogens (tertiary/aromatic N) is 2. The minimum atomic E-state index is -0.752. The summed E-state index contributed by atoms with van der Waals surface area (Å²) in [5, 5.41) is 4.89. The van der Waals surface area contributed by atoms with E-state index in [2.05, 4.69) is 5.10 Å². The van der Waals surface area contributed by atoms with Gasteiger partial charge < -0.3 is 9.47 Å². The molecule has 0 aliphatic heterocycles. The van der Waals surface area contributed by atoms with Gasteiger partial charge in [0.1, 0.15) is 0 Å². The smallest absolute Gasteiger partial charge is 0.434 e. The van der Waals surface area contributed by atoms with Crippen molar-refractivity contribution in [2.45, 2.75) is 13.8 Å². The highest BCUT2D eigenvalue weighted by atomic mass is 35.5. The summed E-state index contributed by atoms with van der Waals surface area (Å²) in [5.41, 5.74) is 1.48. The fourth-order valence-corrected chi connectivity index (χ4v) is 1.67. The summed E-state index contributed by atoms with van der Waals surface area (Å²) in [6.45, 7) is 3.78. The molecule has 0 radical (unpaired) electrons. The van der Waals surface area contributed by atoms with E-state index < -0.39 is 6.16 Å². The Morgan fingerprint density at radius 2 is 2.05 bits per heavy atom. The highest BCUT2D eigenvalue weighted by Crippen LogP contribution is 2.21. The van der Waals surface area contributed by atoms with Crippen LogP contribution < -0.4 is 4.74 Å². The lowest BCUT2D eigenvalue weighted by molar-refractivity contribution is 0.101. The van der Waals surface area contributed by atoms with Crippen LogP contribution >= 0.6 is 11.6 Å². The van der Waals surface area contributed by atoms with E-state index in [-0.39, 0.29) is 6.61 Å². The van der Waals surface area contributed by atoms with Crippen LogP contribution in [0.4, 0.5) is 4.79 Å². The zero-order valence-electron chi connectivity index (χ0n) is 10.6. The number of carbonyl (C=O) groups excluding carboxylic acids is 1. The fourth-order valence-electron chi connectivity index (χ4n) is 1.55. The van der Waals surface area contributed by atoms with Crippen LogP contribution in [0.1, 0.15) is 12.6 Å². The summed E-state index contributed by atoms with van der Waals surface area (Å²) in [7, 11) is 0. The summed E-state index contributed by atoms with van der Waals surface area (Å²) in [4.78, 5) is 11.4. The molecule has 19 heavy (non-hydrogen) atoms. The van der Waals surface area contributed by atoms with Crippen LogP contribution in [0, 0.1) is 6.92 Å². The summed E-state index contributed by atoms with van der Waals surface area (Å²) in [5.74, 6) is 0.304. The van der Waals surface area contributed by atoms with Crippen molar-refractivity contribution in [3.05, 3.63) is 41.0 Å². The summed E-state index contributed by atoms with van der Waals surface area (Å²) in [6.07, 6.45) is -0.752. The van der Waals surface area contributed by atoms with E-state index in [9.17, 15) is 4.79 Å². The van der Waals surface area contributed by atoms with Crippen molar-refractivity contribution < 1.29 is 14.3 Å². The molecule has 0 aliphatic carbocycles. The topological polar surface area (TPSA) is 53.4 Å². The normalized spacial score (nSPS) is 10.3. The Hall–Kier alpha value is -2.01. The van der Waals surface area contributed by atoms with Gasteiger partial charge in [0.2, 0.25) is 5.88 Å². The van der Waals surface area contributed by atoms with Crippen LogP contribution in [-0.2, 0) is 4.74 Å². The number of ether oxygens (including phenoxy) is 2. The first-order valence-electron chi connectivity index (χ1n) is 5.77. The van der Waals surface area contributed by atoms with Gasteiger partial charge in [0, 0.05) is 11.1 Å². The van der Waals surface area contributed by atoms with Crippen molar-refractivity contribution in [1.82, 2.24) is 9.78 Å². The van der Waals surface area contributed by atoms with Gasteiger partial charge in [0.15, 0.2) is 0 Å². The van der Waals surface area contributed by atoms with Gasteiger partial charge in [0.25, 0.3) is 0 Å². The second-order valence-electron chi connectivity index (χ2n) is 3.80. The van der Waals surface area contributed by atoms with Gasteiger partial charge in [0.05, 0.1) is 18.0 Å². The molecule has 1 heterocycles. The third kappa shape index (κ3) is 3.26.